The first-order valence-electron chi connectivity index (χ1n) is 8.12. The Hall–Kier alpha value is -2.08. The van der Waals surface area contributed by atoms with Crippen LogP contribution >= 0.6 is 15.9 Å². The Morgan fingerprint density at radius 2 is 1.96 bits per heavy atom. The zero-order valence-electron chi connectivity index (χ0n) is 14.5. The fourth-order valence-corrected chi connectivity index (χ4v) is 2.79. The summed E-state index contributed by atoms with van der Waals surface area (Å²) in [5.41, 5.74) is 1.42. The Bertz CT molecular complexity index is 765. The van der Waals surface area contributed by atoms with Crippen LogP contribution in [0.2, 0.25) is 0 Å². The van der Waals surface area contributed by atoms with Crippen molar-refractivity contribution in [2.45, 2.75) is 27.2 Å². The van der Waals surface area contributed by atoms with Gasteiger partial charge in [-0.1, -0.05) is 6.92 Å². The lowest BCUT2D eigenvalue weighted by Gasteiger charge is -2.15. The molecule has 0 heterocycles. The fourth-order valence-electron chi connectivity index (χ4n) is 2.23. The molecule has 0 saturated carbocycles. The number of benzene rings is 2. The van der Waals surface area contributed by atoms with E-state index in [0.29, 0.717) is 46.0 Å². The number of hydrogen-bond donors (Lipinski definition) is 1. The monoisotopic (exact) mass is 409 g/mol. The first kappa shape index (κ1) is 19.2. The second-order valence-electron chi connectivity index (χ2n) is 5.48. The number of ether oxygens (including phenoxy) is 2. The molecule has 0 aliphatic rings. The molecule has 25 heavy (non-hydrogen) atoms. The van der Waals surface area contributed by atoms with E-state index >= 15 is 0 Å². The van der Waals surface area contributed by atoms with E-state index in [1.165, 1.54) is 12.1 Å². The van der Waals surface area contributed by atoms with Gasteiger partial charge in [-0.2, -0.15) is 0 Å². The molecular formula is C19H21BrFNO3. The Morgan fingerprint density at radius 1 is 1.20 bits per heavy atom. The summed E-state index contributed by atoms with van der Waals surface area (Å²) in [7, 11) is 0. The van der Waals surface area contributed by atoms with Crippen molar-refractivity contribution >= 4 is 27.5 Å². The molecule has 0 saturated heterocycles. The average Bonchev–Trinajstić information content (AvgIpc) is 2.57. The molecule has 0 spiro atoms. The highest BCUT2D eigenvalue weighted by atomic mass is 79.9. The van der Waals surface area contributed by atoms with Gasteiger partial charge in [0.25, 0.3) is 5.91 Å². The minimum absolute atomic E-state index is 0.309. The van der Waals surface area contributed by atoms with Gasteiger partial charge in [-0.05, 0) is 72.1 Å². The van der Waals surface area contributed by atoms with Gasteiger partial charge in [-0.25, -0.2) is 4.39 Å². The highest BCUT2D eigenvalue weighted by molar-refractivity contribution is 9.10. The summed E-state index contributed by atoms with van der Waals surface area (Å²) in [4.78, 5) is 12.5. The van der Waals surface area contributed by atoms with E-state index in [-0.39, 0.29) is 11.7 Å². The van der Waals surface area contributed by atoms with Crippen molar-refractivity contribution in [3.05, 3.63) is 51.7 Å². The van der Waals surface area contributed by atoms with Crippen molar-refractivity contribution in [2.75, 3.05) is 18.5 Å². The van der Waals surface area contributed by atoms with Gasteiger partial charge in [-0.3, -0.25) is 4.79 Å². The molecule has 1 N–H and O–H groups in total. The van der Waals surface area contributed by atoms with Crippen LogP contribution in [0.15, 0.2) is 34.8 Å². The van der Waals surface area contributed by atoms with Crippen LogP contribution in [-0.2, 0) is 0 Å². The predicted molar refractivity (Wildman–Crippen MR) is 100 cm³/mol. The number of amides is 1. The number of carbonyl (C=O) groups excluding carboxylic acids is 1. The van der Waals surface area contributed by atoms with Crippen LogP contribution < -0.4 is 14.8 Å². The van der Waals surface area contributed by atoms with Gasteiger partial charge in [0.05, 0.1) is 17.7 Å². The van der Waals surface area contributed by atoms with E-state index in [9.17, 15) is 9.18 Å². The third-order valence-corrected chi connectivity index (χ3v) is 4.03. The van der Waals surface area contributed by atoms with E-state index < -0.39 is 0 Å². The van der Waals surface area contributed by atoms with Crippen molar-refractivity contribution in [1.82, 2.24) is 0 Å². The Morgan fingerprint density at radius 3 is 2.60 bits per heavy atom. The van der Waals surface area contributed by atoms with E-state index in [2.05, 4.69) is 21.2 Å². The van der Waals surface area contributed by atoms with Crippen molar-refractivity contribution in [3.63, 3.8) is 0 Å². The lowest BCUT2D eigenvalue weighted by atomic mass is 10.1. The molecule has 2 aromatic carbocycles. The molecule has 0 aliphatic carbocycles. The molecule has 4 nitrogen and oxygen atoms in total. The van der Waals surface area contributed by atoms with Crippen LogP contribution in [0, 0.1) is 12.7 Å². The zero-order valence-corrected chi connectivity index (χ0v) is 16.1. The van der Waals surface area contributed by atoms with Crippen LogP contribution in [-0.4, -0.2) is 19.1 Å². The summed E-state index contributed by atoms with van der Waals surface area (Å²) >= 11 is 3.44. The van der Waals surface area contributed by atoms with E-state index in [0.717, 1.165) is 6.42 Å². The lowest BCUT2D eigenvalue weighted by molar-refractivity contribution is 0.102. The predicted octanol–water partition coefficient (Wildman–Crippen LogP) is 5.34. The van der Waals surface area contributed by atoms with Crippen LogP contribution in [0.3, 0.4) is 0 Å². The number of carbonyl (C=O) groups is 1. The second-order valence-corrected chi connectivity index (χ2v) is 6.34. The fraction of sp³-hybridized carbons (Fsp3) is 0.316. The van der Waals surface area contributed by atoms with Crippen LogP contribution in [0.1, 0.15) is 36.2 Å². The first-order chi connectivity index (χ1) is 12.0. The number of halogens is 2. The molecule has 134 valence electrons. The first-order valence-corrected chi connectivity index (χ1v) is 8.92. The second kappa shape index (κ2) is 8.85. The third-order valence-electron chi connectivity index (χ3n) is 3.44. The maximum Gasteiger partial charge on any atom is 0.255 e. The van der Waals surface area contributed by atoms with Gasteiger partial charge >= 0.3 is 0 Å². The number of aryl methyl sites for hydroxylation is 1. The van der Waals surface area contributed by atoms with Gasteiger partial charge in [-0.15, -0.1) is 0 Å². The molecule has 0 aromatic heterocycles. The zero-order chi connectivity index (χ0) is 18.4. The molecule has 1 amide bonds. The van der Waals surface area contributed by atoms with E-state index in [1.807, 2.05) is 13.8 Å². The summed E-state index contributed by atoms with van der Waals surface area (Å²) < 4.78 is 25.3. The molecule has 0 aliphatic heterocycles. The van der Waals surface area contributed by atoms with E-state index in [4.69, 9.17) is 9.47 Å². The maximum absolute atomic E-state index is 13.3. The number of hydrogen-bond acceptors (Lipinski definition) is 3. The molecule has 0 radical (unpaired) electrons. The van der Waals surface area contributed by atoms with E-state index in [1.54, 1.807) is 25.1 Å². The largest absolute Gasteiger partial charge is 0.490 e. The summed E-state index contributed by atoms with van der Waals surface area (Å²) in [5.74, 6) is 0.468. The Labute approximate surface area is 155 Å². The van der Waals surface area contributed by atoms with Crippen LogP contribution in [0.4, 0.5) is 10.1 Å². The van der Waals surface area contributed by atoms with Crippen molar-refractivity contribution in [1.29, 1.82) is 0 Å². The molecule has 0 unspecified atom stereocenters. The van der Waals surface area contributed by atoms with Gasteiger partial charge in [0.15, 0.2) is 11.5 Å². The quantitative estimate of drug-likeness (QED) is 0.671. The molecule has 0 atom stereocenters. The smallest absolute Gasteiger partial charge is 0.255 e. The molecule has 6 heteroatoms. The summed E-state index contributed by atoms with van der Waals surface area (Å²) in [6.07, 6.45) is 0.865. The van der Waals surface area contributed by atoms with Gasteiger partial charge in [0.2, 0.25) is 0 Å². The van der Waals surface area contributed by atoms with Crippen molar-refractivity contribution < 1.29 is 18.7 Å². The minimum atomic E-state index is -0.310. The summed E-state index contributed by atoms with van der Waals surface area (Å²) in [5, 5.41) is 2.76. The Balaban J connectivity index is 2.27. The van der Waals surface area contributed by atoms with Crippen LogP contribution in [0.5, 0.6) is 11.5 Å². The maximum atomic E-state index is 13.3. The summed E-state index contributed by atoms with van der Waals surface area (Å²) in [6, 6.07) is 7.76. The molecule has 2 aromatic rings. The normalized spacial score (nSPS) is 10.4. The molecular weight excluding hydrogens is 389 g/mol. The topological polar surface area (TPSA) is 47.6 Å². The van der Waals surface area contributed by atoms with Gasteiger partial charge in [0, 0.05) is 11.3 Å². The number of anilines is 1. The Kier molecular flexibility index (Phi) is 6.82. The number of rotatable bonds is 7. The summed E-state index contributed by atoms with van der Waals surface area (Å²) in [6.45, 7) is 6.54. The lowest BCUT2D eigenvalue weighted by Crippen LogP contribution is -2.13. The highest BCUT2D eigenvalue weighted by Gasteiger charge is 2.16. The standard InChI is InChI=1S/C19H21BrFNO3/c1-4-8-25-18-15(20)10-13(11-17(18)24-5-2)19(23)22-14-6-7-16(21)12(3)9-14/h6-7,9-11H,4-5,8H2,1-3H3,(H,22,23). The number of nitrogens with one attached hydrogen (secondary N) is 1. The third kappa shape index (κ3) is 4.95. The molecule has 0 bridgehead atoms. The average molecular weight is 410 g/mol. The van der Waals surface area contributed by atoms with Crippen molar-refractivity contribution in [3.8, 4) is 11.5 Å². The van der Waals surface area contributed by atoms with Gasteiger partial charge < -0.3 is 14.8 Å². The highest BCUT2D eigenvalue weighted by Crippen LogP contribution is 2.37. The SMILES string of the molecule is CCCOc1c(Br)cc(C(=O)Nc2ccc(F)c(C)c2)cc1OCC. The van der Waals surface area contributed by atoms with Crippen LogP contribution in [0.25, 0.3) is 0 Å². The minimum Gasteiger partial charge on any atom is -0.490 e. The van der Waals surface area contributed by atoms with Crippen molar-refractivity contribution in [2.24, 2.45) is 0 Å². The molecule has 0 fully saturated rings. The molecule has 2 rings (SSSR count). The van der Waals surface area contributed by atoms with Gasteiger partial charge in [0.1, 0.15) is 5.82 Å².